The van der Waals surface area contributed by atoms with Crippen molar-refractivity contribution < 1.29 is 9.59 Å². The maximum Gasteiger partial charge on any atom is 0.255 e. The number of amides is 2. The number of nitrogens with one attached hydrogen (secondary N) is 3. The van der Waals surface area contributed by atoms with Crippen LogP contribution in [0.2, 0.25) is 5.02 Å². The van der Waals surface area contributed by atoms with Crippen molar-refractivity contribution in [2.75, 3.05) is 10.6 Å². The second kappa shape index (κ2) is 8.86. The summed E-state index contributed by atoms with van der Waals surface area (Å²) in [5, 5.41) is 6.60. The van der Waals surface area contributed by atoms with Crippen LogP contribution in [0.1, 0.15) is 36.0 Å². The summed E-state index contributed by atoms with van der Waals surface area (Å²) in [5.74, 6) is 2.13. The Morgan fingerprint density at radius 1 is 0.886 bits per heavy atom. The number of halogens is 1. The minimum absolute atomic E-state index is 0.146. The first-order valence-electron chi connectivity index (χ1n) is 12.0. The number of nitrogens with zero attached hydrogens (tertiary/aromatic N) is 1. The van der Waals surface area contributed by atoms with Crippen LogP contribution in [0.5, 0.6) is 0 Å². The molecule has 1 heterocycles. The van der Waals surface area contributed by atoms with E-state index in [9.17, 15) is 9.59 Å². The van der Waals surface area contributed by atoms with E-state index in [1.54, 1.807) is 24.3 Å². The predicted molar refractivity (Wildman–Crippen MR) is 139 cm³/mol. The summed E-state index contributed by atoms with van der Waals surface area (Å²) in [7, 11) is 0. The first kappa shape index (κ1) is 21.9. The summed E-state index contributed by atoms with van der Waals surface area (Å²) in [6.07, 6.45) is 4.72. The van der Waals surface area contributed by atoms with Crippen molar-refractivity contribution in [3.8, 4) is 11.4 Å². The molecule has 6 nitrogen and oxygen atoms in total. The summed E-state index contributed by atoms with van der Waals surface area (Å²) in [4.78, 5) is 33.3. The molecule has 176 valence electrons. The number of aromatic nitrogens is 2. The molecule has 35 heavy (non-hydrogen) atoms. The Hall–Kier alpha value is -3.64. The average molecular weight is 485 g/mol. The Kier molecular flexibility index (Phi) is 5.53. The van der Waals surface area contributed by atoms with Crippen molar-refractivity contribution in [1.82, 2.24) is 9.97 Å². The Morgan fingerprint density at radius 3 is 2.37 bits per heavy atom. The van der Waals surface area contributed by atoms with Crippen molar-refractivity contribution in [2.45, 2.75) is 25.7 Å². The third-order valence-electron chi connectivity index (χ3n) is 7.35. The monoisotopic (exact) mass is 484 g/mol. The van der Waals surface area contributed by atoms with Crippen LogP contribution in [0.25, 0.3) is 22.4 Å². The smallest absolute Gasteiger partial charge is 0.255 e. The SMILES string of the molecule is O=C(Nc1ccc(-c2nc3ccc(NC(=O)C4CC5CCC4C5)cc3[nH]2)cc1)c1ccc(Cl)cc1. The highest BCUT2D eigenvalue weighted by molar-refractivity contribution is 6.30. The molecule has 0 aliphatic heterocycles. The molecule has 3 aromatic carbocycles. The van der Waals surface area contributed by atoms with Crippen molar-refractivity contribution in [3.05, 3.63) is 77.3 Å². The van der Waals surface area contributed by atoms with Gasteiger partial charge in [-0.1, -0.05) is 18.0 Å². The molecule has 6 rings (SSSR count). The van der Waals surface area contributed by atoms with E-state index in [-0.39, 0.29) is 17.7 Å². The lowest BCUT2D eigenvalue weighted by atomic mass is 9.88. The van der Waals surface area contributed by atoms with Crippen molar-refractivity contribution >= 4 is 45.8 Å². The van der Waals surface area contributed by atoms with Crippen LogP contribution in [0.15, 0.2) is 66.7 Å². The van der Waals surface area contributed by atoms with Crippen LogP contribution in [0.4, 0.5) is 11.4 Å². The van der Waals surface area contributed by atoms with Crippen molar-refractivity contribution in [1.29, 1.82) is 0 Å². The molecule has 2 aliphatic rings. The van der Waals surface area contributed by atoms with Gasteiger partial charge in [-0.2, -0.15) is 0 Å². The molecule has 2 amide bonds. The maximum absolute atomic E-state index is 12.8. The van der Waals surface area contributed by atoms with Gasteiger partial charge >= 0.3 is 0 Å². The third-order valence-corrected chi connectivity index (χ3v) is 7.60. The molecule has 2 bridgehead atoms. The van der Waals surface area contributed by atoms with E-state index in [1.807, 2.05) is 42.5 Å². The van der Waals surface area contributed by atoms with Gasteiger partial charge in [-0.25, -0.2) is 4.98 Å². The number of carbonyl (C=O) groups is 2. The summed E-state index contributed by atoms with van der Waals surface area (Å²) in [6, 6.07) is 20.0. The van der Waals surface area contributed by atoms with Crippen LogP contribution in [-0.4, -0.2) is 21.8 Å². The van der Waals surface area contributed by atoms with Crippen LogP contribution < -0.4 is 10.6 Å². The minimum atomic E-state index is -0.196. The van der Waals surface area contributed by atoms with E-state index in [0.29, 0.717) is 22.2 Å². The minimum Gasteiger partial charge on any atom is -0.338 e. The van der Waals surface area contributed by atoms with Crippen LogP contribution >= 0.6 is 11.6 Å². The fourth-order valence-electron chi connectivity index (χ4n) is 5.54. The molecular formula is C28H25ClN4O2. The van der Waals surface area contributed by atoms with E-state index < -0.39 is 0 Å². The van der Waals surface area contributed by atoms with E-state index in [0.717, 1.165) is 40.4 Å². The Morgan fingerprint density at radius 2 is 1.66 bits per heavy atom. The zero-order valence-corrected chi connectivity index (χ0v) is 19.8. The largest absolute Gasteiger partial charge is 0.338 e. The molecule has 0 spiro atoms. The van der Waals surface area contributed by atoms with Crippen molar-refractivity contribution in [2.24, 2.45) is 17.8 Å². The van der Waals surface area contributed by atoms with Gasteiger partial charge in [0.15, 0.2) is 0 Å². The lowest BCUT2D eigenvalue weighted by molar-refractivity contribution is -0.121. The van der Waals surface area contributed by atoms with Gasteiger partial charge in [-0.05, 0) is 97.8 Å². The second-order valence-electron chi connectivity index (χ2n) is 9.63. The molecule has 2 saturated carbocycles. The number of imidazole rings is 1. The van der Waals surface area contributed by atoms with Crippen LogP contribution in [0, 0.1) is 17.8 Å². The molecule has 3 atom stereocenters. The second-order valence-corrected chi connectivity index (χ2v) is 10.1. The quantitative estimate of drug-likeness (QED) is 0.301. The van der Waals surface area contributed by atoms with Crippen LogP contribution in [-0.2, 0) is 4.79 Å². The number of rotatable bonds is 5. The fraction of sp³-hybridized carbons (Fsp3) is 0.250. The Balaban J connectivity index is 1.14. The number of fused-ring (bicyclic) bond motifs is 3. The molecule has 3 unspecified atom stereocenters. The number of anilines is 2. The number of hydrogen-bond donors (Lipinski definition) is 3. The van der Waals surface area contributed by atoms with Gasteiger partial charge in [-0.15, -0.1) is 0 Å². The standard InChI is InChI=1S/C28H25ClN4O2/c29-20-7-3-18(4-8-20)27(34)30-21-9-5-17(6-10-21)26-32-24-12-11-22(15-25(24)33-26)31-28(35)23-14-16-1-2-19(23)13-16/h3-12,15-16,19,23H,1-2,13-14H2,(H,30,34)(H,31,35)(H,32,33). The molecule has 3 N–H and O–H groups in total. The van der Waals surface area contributed by atoms with Gasteiger partial charge in [0.2, 0.25) is 5.91 Å². The number of hydrogen-bond acceptors (Lipinski definition) is 3. The number of H-pyrrole nitrogens is 1. The zero-order valence-electron chi connectivity index (χ0n) is 19.1. The van der Waals surface area contributed by atoms with Gasteiger partial charge in [0, 0.05) is 33.4 Å². The third kappa shape index (κ3) is 4.42. The lowest BCUT2D eigenvalue weighted by Crippen LogP contribution is -2.27. The van der Waals surface area contributed by atoms with Gasteiger partial charge in [0.25, 0.3) is 5.91 Å². The molecule has 0 radical (unpaired) electrons. The highest BCUT2D eigenvalue weighted by Crippen LogP contribution is 2.48. The van der Waals surface area contributed by atoms with Gasteiger partial charge in [0.05, 0.1) is 11.0 Å². The topological polar surface area (TPSA) is 86.9 Å². The van der Waals surface area contributed by atoms with E-state index in [2.05, 4.69) is 15.6 Å². The molecule has 1 aromatic heterocycles. The number of benzene rings is 3. The normalized spacial score (nSPS) is 20.8. The molecular weight excluding hydrogens is 460 g/mol. The van der Waals surface area contributed by atoms with Gasteiger partial charge < -0.3 is 15.6 Å². The molecule has 2 fully saturated rings. The van der Waals surface area contributed by atoms with E-state index in [4.69, 9.17) is 16.6 Å². The zero-order chi connectivity index (χ0) is 23.9. The Bertz CT molecular complexity index is 1410. The lowest BCUT2D eigenvalue weighted by Gasteiger charge is -2.20. The van der Waals surface area contributed by atoms with Crippen LogP contribution in [0.3, 0.4) is 0 Å². The maximum atomic E-state index is 12.8. The van der Waals surface area contributed by atoms with Gasteiger partial charge in [0.1, 0.15) is 5.82 Å². The summed E-state index contributed by atoms with van der Waals surface area (Å²) < 4.78 is 0. The summed E-state index contributed by atoms with van der Waals surface area (Å²) in [5.41, 5.74) is 4.62. The van der Waals surface area contributed by atoms with Crippen molar-refractivity contribution in [3.63, 3.8) is 0 Å². The first-order chi connectivity index (χ1) is 17.0. The molecule has 0 saturated heterocycles. The average Bonchev–Trinajstić information content (AvgIpc) is 3.60. The first-order valence-corrected chi connectivity index (χ1v) is 12.4. The highest BCUT2D eigenvalue weighted by atomic mass is 35.5. The fourth-order valence-corrected chi connectivity index (χ4v) is 5.67. The summed E-state index contributed by atoms with van der Waals surface area (Å²) in [6.45, 7) is 0. The van der Waals surface area contributed by atoms with E-state index >= 15 is 0 Å². The highest BCUT2D eigenvalue weighted by Gasteiger charge is 2.43. The Labute approximate surface area is 208 Å². The van der Waals surface area contributed by atoms with E-state index in [1.165, 1.54) is 19.3 Å². The predicted octanol–water partition coefficient (Wildman–Crippen LogP) is 6.51. The molecule has 4 aromatic rings. The summed E-state index contributed by atoms with van der Waals surface area (Å²) >= 11 is 5.89. The molecule has 2 aliphatic carbocycles. The number of carbonyl (C=O) groups excluding carboxylic acids is 2. The van der Waals surface area contributed by atoms with Gasteiger partial charge in [-0.3, -0.25) is 9.59 Å². The number of aromatic amines is 1. The molecule has 7 heteroatoms.